The van der Waals surface area contributed by atoms with Crippen molar-refractivity contribution in [1.82, 2.24) is 0 Å². The zero-order valence-electron chi connectivity index (χ0n) is 65.9. The van der Waals surface area contributed by atoms with Crippen molar-refractivity contribution in [2.24, 2.45) is 0 Å². The second-order valence-corrected chi connectivity index (χ2v) is 30.1. The van der Waals surface area contributed by atoms with Gasteiger partial charge in [-0.2, -0.15) is 0 Å². The third kappa shape index (κ3) is 80.3. The van der Waals surface area contributed by atoms with Gasteiger partial charge in [-0.3, -0.25) is 32.5 Å². The zero-order valence-corrected chi connectivity index (χ0v) is 67.6. The maximum Gasteiger partial charge on any atom is 0.472 e. The number of carbonyl (C=O) groups is 3. The molecule has 5 atom stereocenters. The smallest absolute Gasteiger partial charge is 0.463 e. The van der Waals surface area contributed by atoms with Crippen LogP contribution in [0.5, 0.6) is 0 Å². The average Bonchev–Trinajstić information content (AvgIpc) is 0.913. The van der Waals surface area contributed by atoms with Gasteiger partial charge in [0.2, 0.25) is 0 Å². The molecule has 0 aliphatic rings. The largest absolute Gasteiger partial charge is 0.472 e. The molecule has 4 N–H and O–H groups in total. The van der Waals surface area contributed by atoms with Crippen LogP contribution in [0.25, 0.3) is 0 Å². The molecular formula is C87H148O16P2. The van der Waals surface area contributed by atoms with Crippen molar-refractivity contribution in [3.63, 3.8) is 0 Å². The Kier molecular flexibility index (Phi) is 75.6. The summed E-state index contributed by atoms with van der Waals surface area (Å²) in [7, 11) is -9.80. The lowest BCUT2D eigenvalue weighted by Crippen LogP contribution is -2.30. The Balaban J connectivity index is 4.51. The van der Waals surface area contributed by atoms with E-state index in [0.717, 1.165) is 173 Å². The van der Waals surface area contributed by atoms with E-state index in [1.165, 1.54) is 96.3 Å². The highest BCUT2D eigenvalue weighted by Gasteiger charge is 2.29. The van der Waals surface area contributed by atoms with Crippen LogP contribution in [-0.2, 0) is 55.8 Å². The maximum absolute atomic E-state index is 13.0. The molecule has 0 aromatic heterocycles. The molecule has 0 saturated heterocycles. The topological polar surface area (TPSA) is 231 Å². The Bertz CT molecular complexity index is 2490. The third-order valence-corrected chi connectivity index (χ3v) is 18.9. The Morgan fingerprint density at radius 2 is 0.524 bits per heavy atom. The summed E-state index contributed by atoms with van der Waals surface area (Å²) in [5, 5.41) is 20.6. The van der Waals surface area contributed by atoms with E-state index in [0.29, 0.717) is 19.3 Å². The molecular weight excluding hydrogens is 1360 g/mol. The van der Waals surface area contributed by atoms with Gasteiger partial charge in [0, 0.05) is 19.3 Å². The number of hydrogen-bond donors (Lipinski definition) is 4. The van der Waals surface area contributed by atoms with Gasteiger partial charge in [0.15, 0.2) is 6.10 Å². The number of allylic oxidation sites excluding steroid dienone is 24. The number of phosphoric ester groups is 2. The fourth-order valence-corrected chi connectivity index (χ4v) is 12.4. The van der Waals surface area contributed by atoms with Crippen molar-refractivity contribution in [3.8, 4) is 0 Å². The lowest BCUT2D eigenvalue weighted by atomic mass is 10.0. The normalized spacial score (nSPS) is 14.7. The standard InChI is InChI=1S/C87H148O16P2/c1-4-7-10-13-16-19-22-25-27-29-31-33-35-37-39-40-42-44-45-47-49-51-53-56-58-61-64-67-70-73-85(90)97-76-82(88)77-99-104(93,94)100-78-83(89)79-101-105(95,96)102-81-84(103-87(92)75-72-69-66-63-60-55-24-21-18-15-12-9-6-3)80-98-86(91)74-71-68-65-62-59-57-54-52-50-48-46-43-41-38-36-34-32-30-28-26-23-20-17-14-11-8-5-2/h8,11-12,15-17,19-21,24-28,31-34,37-39,41,46,48,82-84,88-89H,4-7,9-10,13-14,18,22-23,29-30,35-36,40,42-45,47,49-81H2,1-3H3,(H,93,94)(H,95,96)/b11-8-,15-12-,19-16-,20-17-,24-21-,27-25-,28-26-,33-31-,34-32-,39-37-,41-38-,48-46-. The van der Waals surface area contributed by atoms with Gasteiger partial charge in [0.25, 0.3) is 0 Å². The highest BCUT2D eigenvalue weighted by Crippen LogP contribution is 2.45. The number of aliphatic hydroxyl groups is 2. The number of phosphoric acid groups is 2. The van der Waals surface area contributed by atoms with Crippen LogP contribution in [-0.4, -0.2) is 95.9 Å². The molecule has 0 radical (unpaired) electrons. The predicted molar refractivity (Wildman–Crippen MR) is 436 cm³/mol. The average molecular weight is 1510 g/mol. The Morgan fingerprint density at radius 1 is 0.276 bits per heavy atom. The minimum atomic E-state index is -4.94. The molecule has 0 saturated carbocycles. The number of carbonyl (C=O) groups excluding carboxylic acids is 3. The van der Waals surface area contributed by atoms with E-state index < -0.39 is 91.5 Å². The molecule has 5 unspecified atom stereocenters. The maximum atomic E-state index is 13.0. The summed E-state index contributed by atoms with van der Waals surface area (Å²) in [6.07, 6.45) is 97.6. The number of hydrogen-bond acceptors (Lipinski definition) is 14. The lowest BCUT2D eigenvalue weighted by Gasteiger charge is -2.21. The van der Waals surface area contributed by atoms with Crippen LogP contribution in [0.4, 0.5) is 0 Å². The Hall–Kier alpha value is -4.57. The number of rotatable bonds is 77. The first-order valence-electron chi connectivity index (χ1n) is 41.1. The summed E-state index contributed by atoms with van der Waals surface area (Å²) in [6.45, 7) is 2.46. The van der Waals surface area contributed by atoms with Crippen LogP contribution >= 0.6 is 15.6 Å². The van der Waals surface area contributed by atoms with Gasteiger partial charge in [-0.15, -0.1) is 0 Å². The van der Waals surface area contributed by atoms with Crippen LogP contribution in [0.15, 0.2) is 146 Å². The van der Waals surface area contributed by atoms with Crippen molar-refractivity contribution < 1.29 is 75.8 Å². The lowest BCUT2D eigenvalue weighted by molar-refractivity contribution is -0.161. The molecule has 16 nitrogen and oxygen atoms in total. The second-order valence-electron chi connectivity index (χ2n) is 27.2. The van der Waals surface area contributed by atoms with E-state index in [1.807, 2.05) is 0 Å². The minimum absolute atomic E-state index is 0.0828. The molecule has 0 spiro atoms. The fraction of sp³-hybridized carbons (Fsp3) is 0.690. The molecule has 0 fully saturated rings. The minimum Gasteiger partial charge on any atom is -0.463 e. The van der Waals surface area contributed by atoms with E-state index in [1.54, 1.807) is 0 Å². The molecule has 602 valence electrons. The first kappa shape index (κ1) is 100. The van der Waals surface area contributed by atoms with Gasteiger partial charge >= 0.3 is 33.6 Å². The molecule has 0 aromatic rings. The molecule has 0 aliphatic carbocycles. The summed E-state index contributed by atoms with van der Waals surface area (Å²) >= 11 is 0. The van der Waals surface area contributed by atoms with Crippen molar-refractivity contribution in [2.45, 2.75) is 347 Å². The van der Waals surface area contributed by atoms with Crippen LogP contribution in [0.2, 0.25) is 0 Å². The van der Waals surface area contributed by atoms with E-state index >= 15 is 0 Å². The van der Waals surface area contributed by atoms with Crippen molar-refractivity contribution in [1.29, 1.82) is 0 Å². The monoisotopic (exact) mass is 1510 g/mol. The first-order valence-corrected chi connectivity index (χ1v) is 44.1. The van der Waals surface area contributed by atoms with E-state index in [2.05, 4.69) is 167 Å². The van der Waals surface area contributed by atoms with Crippen LogP contribution < -0.4 is 0 Å². The molecule has 0 rings (SSSR count). The van der Waals surface area contributed by atoms with Gasteiger partial charge < -0.3 is 34.2 Å². The fourth-order valence-electron chi connectivity index (χ4n) is 10.8. The molecule has 0 aliphatic heterocycles. The zero-order chi connectivity index (χ0) is 76.6. The number of aliphatic hydroxyl groups excluding tert-OH is 2. The predicted octanol–water partition coefficient (Wildman–Crippen LogP) is 24.4. The van der Waals surface area contributed by atoms with Crippen LogP contribution in [0, 0.1) is 0 Å². The number of unbranched alkanes of at least 4 members (excludes halogenated alkanes) is 30. The summed E-state index contributed by atoms with van der Waals surface area (Å²) in [4.78, 5) is 58.7. The van der Waals surface area contributed by atoms with Crippen molar-refractivity contribution in [3.05, 3.63) is 146 Å². The SMILES string of the molecule is CC/C=C\C/C=C\C/C=C\C/C=C\C/C=C\C/C=C\CCCCCCCCCCC(=O)OCC(COP(=O)(O)OCC(O)COP(=O)(O)OCC(O)COC(=O)CCCCCCCCCCCCCCC/C=C\C/C=C\C/C=C\C/C=C\CCCCC)OC(=O)CCCCCCC/C=C\C/C=C\CCC. The molecule has 18 heteroatoms. The van der Waals surface area contributed by atoms with Crippen LogP contribution in [0.1, 0.15) is 329 Å². The van der Waals surface area contributed by atoms with Gasteiger partial charge in [0.05, 0.1) is 26.4 Å². The van der Waals surface area contributed by atoms with E-state index in [9.17, 15) is 43.5 Å². The molecule has 0 aromatic carbocycles. The highest BCUT2D eigenvalue weighted by atomic mass is 31.2. The van der Waals surface area contributed by atoms with Gasteiger partial charge in [-0.25, -0.2) is 9.13 Å². The molecule has 0 bridgehead atoms. The van der Waals surface area contributed by atoms with Crippen molar-refractivity contribution in [2.75, 3.05) is 39.6 Å². The van der Waals surface area contributed by atoms with Crippen molar-refractivity contribution >= 4 is 33.6 Å². The number of ether oxygens (including phenoxy) is 3. The van der Waals surface area contributed by atoms with E-state index in [-0.39, 0.29) is 19.3 Å². The quantitative estimate of drug-likeness (QED) is 0.0146. The number of esters is 3. The molecule has 0 heterocycles. The summed E-state index contributed by atoms with van der Waals surface area (Å²) in [6, 6.07) is 0. The highest BCUT2D eigenvalue weighted by molar-refractivity contribution is 7.47. The second kappa shape index (κ2) is 79.0. The molecule has 0 amide bonds. The van der Waals surface area contributed by atoms with Gasteiger partial charge in [-0.05, 0) is 141 Å². The third-order valence-electron chi connectivity index (χ3n) is 17.0. The summed E-state index contributed by atoms with van der Waals surface area (Å²) < 4.78 is 61.2. The summed E-state index contributed by atoms with van der Waals surface area (Å²) in [5.74, 6) is -1.60. The first-order chi connectivity index (χ1) is 51.2. The summed E-state index contributed by atoms with van der Waals surface area (Å²) in [5.41, 5.74) is 0. The van der Waals surface area contributed by atoms with Crippen LogP contribution in [0.3, 0.4) is 0 Å². The van der Waals surface area contributed by atoms with Gasteiger partial charge in [0.1, 0.15) is 25.4 Å². The molecule has 105 heavy (non-hydrogen) atoms. The van der Waals surface area contributed by atoms with Gasteiger partial charge in [-0.1, -0.05) is 314 Å². The Labute approximate surface area is 638 Å². The Morgan fingerprint density at radius 3 is 0.838 bits per heavy atom. The van der Waals surface area contributed by atoms with E-state index in [4.69, 9.17) is 32.3 Å².